The number of hydrogen-bond donors (Lipinski definition) is 3. The molecule has 1 aromatic rings. The fraction of sp³-hybridized carbons (Fsp3) is 0.333. The lowest BCUT2D eigenvalue weighted by molar-refractivity contribution is -0.137. The predicted molar refractivity (Wildman–Crippen MR) is 71.9 cm³/mol. The van der Waals surface area contributed by atoms with Crippen molar-refractivity contribution >= 4 is 29.3 Å². The first-order chi connectivity index (χ1) is 9.04. The first kappa shape index (κ1) is 15.1. The predicted octanol–water partition coefficient (Wildman–Crippen LogP) is 2.33. The summed E-state index contributed by atoms with van der Waals surface area (Å²) in [7, 11) is 1.46. The molecule has 104 valence electrons. The quantitative estimate of drug-likeness (QED) is 0.700. The van der Waals surface area contributed by atoms with Gasteiger partial charge in [0.2, 0.25) is 0 Å². The molecule has 0 radical (unpaired) electrons. The molecule has 2 amide bonds. The summed E-state index contributed by atoms with van der Waals surface area (Å²) < 4.78 is 5.08. The van der Waals surface area contributed by atoms with Crippen molar-refractivity contribution in [2.24, 2.45) is 0 Å². The van der Waals surface area contributed by atoms with E-state index in [1.54, 1.807) is 18.2 Å². The number of amides is 2. The molecule has 6 nitrogen and oxygen atoms in total. The summed E-state index contributed by atoms with van der Waals surface area (Å²) in [5.74, 6) is -0.511. The van der Waals surface area contributed by atoms with Gasteiger partial charge in [0.25, 0.3) is 0 Å². The lowest BCUT2D eigenvalue weighted by atomic mass is 10.3. The first-order valence-corrected chi connectivity index (χ1v) is 6.01. The van der Waals surface area contributed by atoms with Crippen LogP contribution in [0.3, 0.4) is 0 Å². The van der Waals surface area contributed by atoms with Crippen LogP contribution in [0.25, 0.3) is 0 Å². The number of halogens is 1. The van der Waals surface area contributed by atoms with Crippen LogP contribution in [-0.2, 0) is 4.79 Å². The van der Waals surface area contributed by atoms with Gasteiger partial charge in [-0.3, -0.25) is 4.79 Å². The number of nitrogens with one attached hydrogen (secondary N) is 2. The van der Waals surface area contributed by atoms with E-state index in [1.165, 1.54) is 7.11 Å². The van der Waals surface area contributed by atoms with Crippen molar-refractivity contribution < 1.29 is 19.4 Å². The number of anilines is 1. The Morgan fingerprint density at radius 3 is 2.79 bits per heavy atom. The van der Waals surface area contributed by atoms with Gasteiger partial charge in [0.05, 0.1) is 17.8 Å². The molecular weight excluding hydrogens is 272 g/mol. The van der Waals surface area contributed by atoms with Crippen molar-refractivity contribution in [3.05, 3.63) is 23.2 Å². The highest BCUT2D eigenvalue weighted by Gasteiger charge is 2.09. The minimum atomic E-state index is -0.890. The molecule has 0 aliphatic rings. The van der Waals surface area contributed by atoms with Crippen molar-refractivity contribution in [3.8, 4) is 5.75 Å². The monoisotopic (exact) mass is 286 g/mol. The molecule has 0 fully saturated rings. The van der Waals surface area contributed by atoms with Gasteiger partial charge < -0.3 is 20.5 Å². The summed E-state index contributed by atoms with van der Waals surface area (Å²) in [6.07, 6.45) is 0.385. The van der Waals surface area contributed by atoms with E-state index in [2.05, 4.69) is 10.6 Å². The molecule has 0 bridgehead atoms. The van der Waals surface area contributed by atoms with Crippen LogP contribution >= 0.6 is 11.6 Å². The van der Waals surface area contributed by atoms with Gasteiger partial charge in [-0.2, -0.15) is 0 Å². The number of ether oxygens (including phenoxy) is 1. The number of para-hydroxylation sites is 1. The number of benzene rings is 1. The molecule has 0 heterocycles. The number of carboxylic acid groups (broad SMARTS) is 1. The minimum Gasteiger partial charge on any atom is -0.493 e. The number of carbonyl (C=O) groups is 2. The van der Waals surface area contributed by atoms with E-state index in [0.717, 1.165) is 0 Å². The van der Waals surface area contributed by atoms with Crippen molar-refractivity contribution in [3.63, 3.8) is 0 Å². The summed E-state index contributed by atoms with van der Waals surface area (Å²) in [5, 5.41) is 14.0. The molecule has 1 aromatic carbocycles. The van der Waals surface area contributed by atoms with Crippen molar-refractivity contribution in [1.82, 2.24) is 5.32 Å². The fourth-order valence-corrected chi connectivity index (χ4v) is 1.67. The number of rotatable bonds is 6. The van der Waals surface area contributed by atoms with Crippen molar-refractivity contribution in [1.29, 1.82) is 0 Å². The lowest BCUT2D eigenvalue weighted by Crippen LogP contribution is -2.29. The van der Waals surface area contributed by atoms with E-state index in [9.17, 15) is 9.59 Å². The van der Waals surface area contributed by atoms with Crippen LogP contribution in [0.2, 0.25) is 5.02 Å². The Bertz CT molecular complexity index is 465. The van der Waals surface area contributed by atoms with Crippen LogP contribution in [0, 0.1) is 0 Å². The molecule has 0 spiro atoms. The van der Waals surface area contributed by atoms with E-state index in [-0.39, 0.29) is 13.0 Å². The molecular formula is C12H15ClN2O4. The Morgan fingerprint density at radius 1 is 1.42 bits per heavy atom. The summed E-state index contributed by atoms with van der Waals surface area (Å²) >= 11 is 5.91. The molecule has 0 saturated carbocycles. The Morgan fingerprint density at radius 2 is 2.16 bits per heavy atom. The molecule has 0 aliphatic carbocycles. The molecule has 7 heteroatoms. The molecule has 1 rings (SSSR count). The number of hydrogen-bond acceptors (Lipinski definition) is 3. The summed E-state index contributed by atoms with van der Waals surface area (Å²) in [4.78, 5) is 21.9. The second-order valence-corrected chi connectivity index (χ2v) is 4.11. The summed E-state index contributed by atoms with van der Waals surface area (Å²) in [6.45, 7) is 0.279. The molecule has 0 unspecified atom stereocenters. The molecule has 19 heavy (non-hydrogen) atoms. The minimum absolute atomic E-state index is 0.0146. The van der Waals surface area contributed by atoms with Crippen LogP contribution in [0.1, 0.15) is 12.8 Å². The highest BCUT2D eigenvalue weighted by atomic mass is 35.5. The van der Waals surface area contributed by atoms with Gasteiger partial charge in [0, 0.05) is 13.0 Å². The van der Waals surface area contributed by atoms with Gasteiger partial charge >= 0.3 is 12.0 Å². The third kappa shape index (κ3) is 5.05. The number of carbonyl (C=O) groups excluding carboxylic acids is 1. The molecule has 0 saturated heterocycles. The normalized spacial score (nSPS) is 9.79. The van der Waals surface area contributed by atoms with E-state index in [0.29, 0.717) is 22.9 Å². The summed E-state index contributed by atoms with van der Waals surface area (Å²) in [6, 6.07) is 4.55. The maximum absolute atomic E-state index is 11.6. The third-order valence-electron chi connectivity index (χ3n) is 2.27. The standard InChI is InChI=1S/C12H15ClN2O4/c1-19-11-8(13)4-2-5-9(11)15-12(18)14-7-3-6-10(16)17/h2,4-5H,3,6-7H2,1H3,(H,16,17)(H2,14,15,18). The largest absolute Gasteiger partial charge is 0.493 e. The molecule has 0 aromatic heterocycles. The molecule has 3 N–H and O–H groups in total. The van der Waals surface area contributed by atoms with Gasteiger partial charge in [-0.25, -0.2) is 4.79 Å². The average molecular weight is 287 g/mol. The fourth-order valence-electron chi connectivity index (χ4n) is 1.42. The molecule has 0 aliphatic heterocycles. The van der Waals surface area contributed by atoms with Crippen molar-refractivity contribution in [2.75, 3.05) is 19.0 Å². The highest BCUT2D eigenvalue weighted by Crippen LogP contribution is 2.32. The van der Waals surface area contributed by atoms with Crippen LogP contribution in [-0.4, -0.2) is 30.8 Å². The van der Waals surface area contributed by atoms with Crippen LogP contribution in [0.15, 0.2) is 18.2 Å². The van der Waals surface area contributed by atoms with Crippen LogP contribution < -0.4 is 15.4 Å². The molecule has 0 atom stereocenters. The van der Waals surface area contributed by atoms with Gasteiger partial charge in [-0.15, -0.1) is 0 Å². The second kappa shape index (κ2) is 7.48. The van der Waals surface area contributed by atoms with Crippen LogP contribution in [0.4, 0.5) is 10.5 Å². The maximum Gasteiger partial charge on any atom is 0.319 e. The highest BCUT2D eigenvalue weighted by molar-refractivity contribution is 6.32. The Hall–Kier alpha value is -1.95. The van der Waals surface area contributed by atoms with E-state index >= 15 is 0 Å². The van der Waals surface area contributed by atoms with Crippen molar-refractivity contribution in [2.45, 2.75) is 12.8 Å². The van der Waals surface area contributed by atoms with E-state index in [1.807, 2.05) is 0 Å². The smallest absolute Gasteiger partial charge is 0.319 e. The number of aliphatic carboxylic acids is 1. The lowest BCUT2D eigenvalue weighted by Gasteiger charge is -2.11. The Labute approximate surface area is 115 Å². The maximum atomic E-state index is 11.6. The van der Waals surface area contributed by atoms with Gasteiger partial charge in [-0.05, 0) is 18.6 Å². The zero-order valence-electron chi connectivity index (χ0n) is 10.4. The average Bonchev–Trinajstić information content (AvgIpc) is 2.35. The number of urea groups is 1. The first-order valence-electron chi connectivity index (χ1n) is 5.63. The zero-order valence-corrected chi connectivity index (χ0v) is 11.2. The topological polar surface area (TPSA) is 87.7 Å². The Balaban J connectivity index is 2.48. The zero-order chi connectivity index (χ0) is 14.3. The van der Waals surface area contributed by atoms with E-state index < -0.39 is 12.0 Å². The Kier molecular flexibility index (Phi) is 5.95. The third-order valence-corrected chi connectivity index (χ3v) is 2.57. The summed E-state index contributed by atoms with van der Waals surface area (Å²) in [5.41, 5.74) is 0.450. The number of methoxy groups -OCH3 is 1. The van der Waals surface area contributed by atoms with Gasteiger partial charge in [-0.1, -0.05) is 17.7 Å². The van der Waals surface area contributed by atoms with Crippen LogP contribution in [0.5, 0.6) is 5.75 Å². The van der Waals surface area contributed by atoms with Gasteiger partial charge in [0.15, 0.2) is 5.75 Å². The SMILES string of the molecule is COc1c(Cl)cccc1NC(=O)NCCCC(=O)O. The number of carboxylic acids is 1. The van der Waals surface area contributed by atoms with Gasteiger partial charge in [0.1, 0.15) is 0 Å². The second-order valence-electron chi connectivity index (χ2n) is 3.70. The van der Waals surface area contributed by atoms with E-state index in [4.69, 9.17) is 21.4 Å².